The van der Waals surface area contributed by atoms with E-state index in [1.807, 2.05) is 30.3 Å². The topological polar surface area (TPSA) is 39.7 Å². The molecule has 0 heterocycles. The first kappa shape index (κ1) is 17.0. The lowest BCUT2D eigenvalue weighted by molar-refractivity contribution is -0.0116. The van der Waals surface area contributed by atoms with Crippen LogP contribution < -0.4 is 10.1 Å². The zero-order chi connectivity index (χ0) is 14.6. The van der Waals surface area contributed by atoms with Crippen LogP contribution in [0.4, 0.5) is 0 Å². The molecule has 0 aliphatic heterocycles. The summed E-state index contributed by atoms with van der Waals surface area (Å²) in [5.41, 5.74) is 0. The van der Waals surface area contributed by atoms with Crippen molar-refractivity contribution >= 4 is 0 Å². The molecule has 0 bridgehead atoms. The molecule has 0 saturated carbocycles. The molecule has 1 aromatic carbocycles. The van der Waals surface area contributed by atoms with Crippen molar-refractivity contribution in [2.24, 2.45) is 5.92 Å². The van der Waals surface area contributed by atoms with Crippen molar-refractivity contribution in [3.8, 4) is 5.75 Å². The van der Waals surface area contributed by atoms with Crippen molar-refractivity contribution in [1.82, 2.24) is 5.32 Å². The fourth-order valence-corrected chi connectivity index (χ4v) is 1.78. The molecule has 1 aromatic rings. The molecule has 1 atom stereocenters. The highest BCUT2D eigenvalue weighted by Gasteiger charge is 2.08. The average molecular weight is 281 g/mol. The first-order chi connectivity index (χ1) is 9.72. The van der Waals surface area contributed by atoms with E-state index in [4.69, 9.17) is 14.2 Å². The number of hydrogen-bond donors (Lipinski definition) is 1. The van der Waals surface area contributed by atoms with Gasteiger partial charge in [-0.25, -0.2) is 0 Å². The van der Waals surface area contributed by atoms with Crippen LogP contribution in [-0.2, 0) is 9.47 Å². The number of nitrogens with one attached hydrogen (secondary N) is 1. The maximum Gasteiger partial charge on any atom is 0.119 e. The van der Waals surface area contributed by atoms with E-state index >= 15 is 0 Å². The Hall–Kier alpha value is -1.10. The van der Waals surface area contributed by atoms with Crippen LogP contribution in [0, 0.1) is 5.92 Å². The molecule has 4 nitrogen and oxygen atoms in total. The predicted molar refractivity (Wildman–Crippen MR) is 81.3 cm³/mol. The van der Waals surface area contributed by atoms with Crippen LogP contribution in [0.25, 0.3) is 0 Å². The molecule has 0 radical (unpaired) electrons. The maximum absolute atomic E-state index is 5.77. The van der Waals surface area contributed by atoms with Gasteiger partial charge in [0.2, 0.25) is 0 Å². The molecule has 0 saturated heterocycles. The monoisotopic (exact) mass is 281 g/mol. The van der Waals surface area contributed by atoms with Crippen LogP contribution in [0.3, 0.4) is 0 Å². The van der Waals surface area contributed by atoms with Gasteiger partial charge in [0, 0.05) is 13.7 Å². The third-order valence-electron chi connectivity index (χ3n) is 2.73. The van der Waals surface area contributed by atoms with E-state index in [0.29, 0.717) is 25.7 Å². The third-order valence-corrected chi connectivity index (χ3v) is 2.73. The van der Waals surface area contributed by atoms with E-state index in [-0.39, 0.29) is 6.10 Å². The van der Waals surface area contributed by atoms with Gasteiger partial charge >= 0.3 is 0 Å². The summed E-state index contributed by atoms with van der Waals surface area (Å²) in [6.45, 7) is 7.87. The number of benzene rings is 1. The normalized spacial score (nSPS) is 12.6. The summed E-state index contributed by atoms with van der Waals surface area (Å²) in [6, 6.07) is 9.77. The van der Waals surface area contributed by atoms with E-state index in [9.17, 15) is 0 Å². The standard InChI is InChI=1S/C16H27NO3/c1-14(2)11-17-12-16(13-18-3)20-10-9-19-15-7-5-4-6-8-15/h4-8,14,16-17H,9-13H2,1-3H3. The zero-order valence-corrected chi connectivity index (χ0v) is 12.8. The molecule has 114 valence electrons. The first-order valence-corrected chi connectivity index (χ1v) is 7.21. The Bertz CT molecular complexity index is 330. The molecule has 20 heavy (non-hydrogen) atoms. The molecule has 1 unspecified atom stereocenters. The molecule has 0 fully saturated rings. The Morgan fingerprint density at radius 3 is 2.45 bits per heavy atom. The summed E-state index contributed by atoms with van der Waals surface area (Å²) in [6.07, 6.45) is 0.0677. The van der Waals surface area contributed by atoms with Crippen molar-refractivity contribution in [2.75, 3.05) is 40.0 Å². The molecular formula is C16H27NO3. The molecular weight excluding hydrogens is 254 g/mol. The number of ether oxygens (including phenoxy) is 3. The van der Waals surface area contributed by atoms with E-state index in [1.165, 1.54) is 0 Å². The second-order valence-electron chi connectivity index (χ2n) is 5.16. The molecule has 1 N–H and O–H groups in total. The number of hydrogen-bond acceptors (Lipinski definition) is 4. The van der Waals surface area contributed by atoms with E-state index in [0.717, 1.165) is 18.8 Å². The summed E-state index contributed by atoms with van der Waals surface area (Å²) in [5.74, 6) is 1.51. The SMILES string of the molecule is COCC(CNCC(C)C)OCCOc1ccccc1. The molecule has 0 aromatic heterocycles. The number of methoxy groups -OCH3 is 1. The lowest BCUT2D eigenvalue weighted by Crippen LogP contribution is -2.35. The summed E-state index contributed by atoms with van der Waals surface area (Å²) < 4.78 is 16.5. The van der Waals surface area contributed by atoms with Crippen molar-refractivity contribution < 1.29 is 14.2 Å². The molecule has 4 heteroatoms. The highest BCUT2D eigenvalue weighted by atomic mass is 16.5. The van der Waals surface area contributed by atoms with Crippen LogP contribution in [0.5, 0.6) is 5.75 Å². The predicted octanol–water partition coefficient (Wildman–Crippen LogP) is 2.34. The Kier molecular flexibility index (Phi) is 9.04. The quantitative estimate of drug-likeness (QED) is 0.632. The highest BCUT2D eigenvalue weighted by molar-refractivity contribution is 5.20. The molecule has 0 amide bonds. The van der Waals surface area contributed by atoms with Gasteiger partial charge in [-0.05, 0) is 24.6 Å². The minimum absolute atomic E-state index is 0.0677. The highest BCUT2D eigenvalue weighted by Crippen LogP contribution is 2.07. The molecule has 0 aliphatic rings. The van der Waals surface area contributed by atoms with Crippen molar-refractivity contribution in [3.63, 3.8) is 0 Å². The van der Waals surface area contributed by atoms with E-state index in [1.54, 1.807) is 7.11 Å². The summed E-state index contributed by atoms with van der Waals surface area (Å²) in [7, 11) is 1.69. The Balaban J connectivity index is 2.14. The summed E-state index contributed by atoms with van der Waals surface area (Å²) >= 11 is 0. The van der Waals surface area contributed by atoms with Gasteiger partial charge in [0.05, 0.1) is 19.3 Å². The van der Waals surface area contributed by atoms with Crippen LogP contribution in [-0.4, -0.2) is 46.1 Å². The lowest BCUT2D eigenvalue weighted by Gasteiger charge is -2.18. The van der Waals surface area contributed by atoms with Gasteiger partial charge in [0.1, 0.15) is 12.4 Å². The van der Waals surface area contributed by atoms with Gasteiger partial charge < -0.3 is 19.5 Å². The van der Waals surface area contributed by atoms with Crippen LogP contribution in [0.15, 0.2) is 30.3 Å². The molecule has 1 rings (SSSR count). The molecule has 0 aliphatic carbocycles. The van der Waals surface area contributed by atoms with E-state index in [2.05, 4.69) is 19.2 Å². The first-order valence-electron chi connectivity index (χ1n) is 7.21. The van der Waals surface area contributed by atoms with Gasteiger partial charge in [-0.2, -0.15) is 0 Å². The van der Waals surface area contributed by atoms with Gasteiger partial charge in [-0.3, -0.25) is 0 Å². The summed E-state index contributed by atoms with van der Waals surface area (Å²) in [5, 5.41) is 3.38. The smallest absolute Gasteiger partial charge is 0.119 e. The van der Waals surface area contributed by atoms with Crippen LogP contribution in [0.1, 0.15) is 13.8 Å². The van der Waals surface area contributed by atoms with Crippen molar-refractivity contribution in [1.29, 1.82) is 0 Å². The van der Waals surface area contributed by atoms with Crippen LogP contribution in [0.2, 0.25) is 0 Å². The fourth-order valence-electron chi connectivity index (χ4n) is 1.78. The molecule has 0 spiro atoms. The zero-order valence-electron chi connectivity index (χ0n) is 12.8. The Morgan fingerprint density at radius 1 is 1.05 bits per heavy atom. The number of para-hydroxylation sites is 1. The van der Waals surface area contributed by atoms with E-state index < -0.39 is 0 Å². The van der Waals surface area contributed by atoms with Crippen molar-refractivity contribution in [2.45, 2.75) is 20.0 Å². The van der Waals surface area contributed by atoms with Crippen molar-refractivity contribution in [3.05, 3.63) is 30.3 Å². The van der Waals surface area contributed by atoms with Gasteiger partial charge in [0.25, 0.3) is 0 Å². The average Bonchev–Trinajstić information content (AvgIpc) is 2.44. The second-order valence-corrected chi connectivity index (χ2v) is 5.16. The largest absolute Gasteiger partial charge is 0.491 e. The summed E-state index contributed by atoms with van der Waals surface area (Å²) in [4.78, 5) is 0. The minimum Gasteiger partial charge on any atom is -0.491 e. The lowest BCUT2D eigenvalue weighted by atomic mass is 10.2. The number of rotatable bonds is 11. The fraction of sp³-hybridized carbons (Fsp3) is 0.625. The van der Waals surface area contributed by atoms with Crippen LogP contribution >= 0.6 is 0 Å². The Labute approximate surface area is 122 Å². The minimum atomic E-state index is 0.0677. The van der Waals surface area contributed by atoms with Gasteiger partial charge in [-0.1, -0.05) is 32.0 Å². The third kappa shape index (κ3) is 8.15. The maximum atomic E-state index is 5.77. The van der Waals surface area contributed by atoms with Gasteiger partial charge in [0.15, 0.2) is 0 Å². The van der Waals surface area contributed by atoms with Gasteiger partial charge in [-0.15, -0.1) is 0 Å². The Morgan fingerprint density at radius 2 is 1.80 bits per heavy atom. The second kappa shape index (κ2) is 10.7.